The van der Waals surface area contributed by atoms with Gasteiger partial charge in [-0.3, -0.25) is 4.79 Å². The van der Waals surface area contributed by atoms with E-state index in [4.69, 9.17) is 15.6 Å². The zero-order valence-electron chi connectivity index (χ0n) is 9.29. The maximum atomic E-state index is 11.3. The molecule has 0 saturated heterocycles. The maximum Gasteiger partial charge on any atom is 0.366 e. The van der Waals surface area contributed by atoms with Gasteiger partial charge in [0.05, 0.1) is 6.04 Å². The maximum absolute atomic E-state index is 11.3. The lowest BCUT2D eigenvalue weighted by molar-refractivity contribution is -0.149. The van der Waals surface area contributed by atoms with Crippen LogP contribution in [0.3, 0.4) is 0 Å². The van der Waals surface area contributed by atoms with Crippen LogP contribution in [0.1, 0.15) is 6.92 Å². The summed E-state index contributed by atoms with van der Waals surface area (Å²) in [7, 11) is 0. The van der Waals surface area contributed by atoms with E-state index in [1.165, 1.54) is 6.92 Å². The minimum absolute atomic E-state index is 0.352. The highest BCUT2D eigenvalue weighted by molar-refractivity contribution is 5.85. The summed E-state index contributed by atoms with van der Waals surface area (Å²) in [5.41, 5.74) is 5.32. The number of amides is 1. The average Bonchev–Trinajstić information content (AvgIpc) is 2.29. The van der Waals surface area contributed by atoms with Crippen LogP contribution in [-0.4, -0.2) is 29.3 Å². The van der Waals surface area contributed by atoms with Crippen LogP contribution >= 0.6 is 0 Å². The molecule has 0 aliphatic carbocycles. The number of aliphatic carboxylic acids is 1. The van der Waals surface area contributed by atoms with Crippen LogP contribution in [0.25, 0.3) is 0 Å². The molecule has 6 nitrogen and oxygen atoms in total. The van der Waals surface area contributed by atoms with Gasteiger partial charge in [-0.25, -0.2) is 4.79 Å². The molecule has 1 rings (SSSR count). The largest absolute Gasteiger partial charge is 0.477 e. The Balaban J connectivity index is 2.68. The Bertz CT molecular complexity index is 392. The lowest BCUT2D eigenvalue weighted by Crippen LogP contribution is -2.50. The number of para-hydroxylation sites is 1. The van der Waals surface area contributed by atoms with E-state index >= 15 is 0 Å². The van der Waals surface area contributed by atoms with Crippen molar-refractivity contribution in [1.82, 2.24) is 5.32 Å². The summed E-state index contributed by atoms with van der Waals surface area (Å²) in [5, 5.41) is 11.1. The van der Waals surface area contributed by atoms with Gasteiger partial charge in [-0.15, -0.1) is 0 Å². The van der Waals surface area contributed by atoms with E-state index in [0.717, 1.165) is 0 Å². The standard InChI is InChI=1S/C11H14N2O4/c1-7(12)9(14)13-10(11(15)16)17-8-5-3-2-4-6-8/h2-7,10H,12H2,1H3,(H,13,14)(H,15,16)/t7-,10?/m0/s1. The number of carboxylic acids is 1. The Labute approximate surface area is 98.4 Å². The monoisotopic (exact) mass is 238 g/mol. The van der Waals surface area contributed by atoms with E-state index in [-0.39, 0.29) is 0 Å². The van der Waals surface area contributed by atoms with E-state index in [1.54, 1.807) is 30.3 Å². The Hall–Kier alpha value is -2.08. The van der Waals surface area contributed by atoms with Crippen molar-refractivity contribution in [2.75, 3.05) is 0 Å². The molecule has 0 spiro atoms. The fraction of sp³-hybridized carbons (Fsp3) is 0.273. The molecule has 0 fully saturated rings. The molecule has 1 amide bonds. The highest BCUT2D eigenvalue weighted by Gasteiger charge is 2.23. The number of hydrogen-bond acceptors (Lipinski definition) is 4. The Morgan fingerprint density at radius 1 is 1.35 bits per heavy atom. The number of carbonyl (C=O) groups excluding carboxylic acids is 1. The molecule has 0 aromatic heterocycles. The predicted octanol–water partition coefficient (Wildman–Crippen LogP) is -0.0605. The predicted molar refractivity (Wildman–Crippen MR) is 60.3 cm³/mol. The molecule has 0 heterocycles. The number of rotatable bonds is 5. The van der Waals surface area contributed by atoms with Crippen molar-refractivity contribution in [2.45, 2.75) is 19.2 Å². The minimum atomic E-state index is -1.45. The molecule has 6 heteroatoms. The highest BCUT2D eigenvalue weighted by atomic mass is 16.5. The van der Waals surface area contributed by atoms with Crippen molar-refractivity contribution < 1.29 is 19.4 Å². The Kier molecular flexibility index (Phi) is 4.47. The first-order valence-electron chi connectivity index (χ1n) is 5.01. The molecule has 0 aliphatic heterocycles. The number of carbonyl (C=O) groups is 2. The van der Waals surface area contributed by atoms with Gasteiger partial charge in [0.15, 0.2) is 0 Å². The molecule has 4 N–H and O–H groups in total. The SMILES string of the molecule is C[C@H](N)C(=O)NC(Oc1ccccc1)C(=O)O. The summed E-state index contributed by atoms with van der Waals surface area (Å²) >= 11 is 0. The fourth-order valence-corrected chi connectivity index (χ4v) is 1.04. The fourth-order valence-electron chi connectivity index (χ4n) is 1.04. The van der Waals surface area contributed by atoms with Crippen LogP contribution in [0.4, 0.5) is 0 Å². The average molecular weight is 238 g/mol. The van der Waals surface area contributed by atoms with Crippen LogP contribution in [0.15, 0.2) is 30.3 Å². The van der Waals surface area contributed by atoms with Crippen molar-refractivity contribution in [1.29, 1.82) is 0 Å². The molecular formula is C11H14N2O4. The van der Waals surface area contributed by atoms with Gasteiger partial charge in [0.25, 0.3) is 6.23 Å². The Morgan fingerprint density at radius 3 is 2.41 bits per heavy atom. The number of benzene rings is 1. The van der Waals surface area contributed by atoms with Crippen molar-refractivity contribution in [3.8, 4) is 5.75 Å². The third kappa shape index (κ3) is 4.12. The Morgan fingerprint density at radius 2 is 1.94 bits per heavy atom. The van der Waals surface area contributed by atoms with E-state index in [1.807, 2.05) is 0 Å². The molecule has 1 unspecified atom stereocenters. The second kappa shape index (κ2) is 5.86. The van der Waals surface area contributed by atoms with E-state index in [0.29, 0.717) is 5.75 Å². The lowest BCUT2D eigenvalue weighted by Gasteiger charge is -2.17. The molecule has 0 aliphatic rings. The van der Waals surface area contributed by atoms with Gasteiger partial charge >= 0.3 is 5.97 Å². The zero-order valence-corrected chi connectivity index (χ0v) is 9.29. The van der Waals surface area contributed by atoms with Gasteiger partial charge in [-0.2, -0.15) is 0 Å². The van der Waals surface area contributed by atoms with Crippen LogP contribution in [0, 0.1) is 0 Å². The smallest absolute Gasteiger partial charge is 0.366 e. The van der Waals surface area contributed by atoms with E-state index in [2.05, 4.69) is 5.32 Å². The summed E-state index contributed by atoms with van der Waals surface area (Å²) < 4.78 is 5.11. The van der Waals surface area contributed by atoms with Crippen LogP contribution in [-0.2, 0) is 9.59 Å². The molecule has 2 atom stereocenters. The second-order valence-electron chi connectivity index (χ2n) is 3.45. The number of carboxylic acid groups (broad SMARTS) is 1. The first kappa shape index (κ1) is 13.0. The van der Waals surface area contributed by atoms with Gasteiger partial charge in [0.1, 0.15) is 5.75 Å². The molecule has 0 radical (unpaired) electrons. The molecular weight excluding hydrogens is 224 g/mol. The van der Waals surface area contributed by atoms with E-state index < -0.39 is 24.1 Å². The lowest BCUT2D eigenvalue weighted by atomic mass is 10.3. The van der Waals surface area contributed by atoms with Crippen molar-refractivity contribution in [3.05, 3.63) is 30.3 Å². The van der Waals surface area contributed by atoms with Gasteiger partial charge < -0.3 is 20.9 Å². The second-order valence-corrected chi connectivity index (χ2v) is 3.45. The molecule has 1 aromatic carbocycles. The molecule has 0 saturated carbocycles. The normalized spacial score (nSPS) is 13.5. The number of ether oxygens (including phenoxy) is 1. The minimum Gasteiger partial charge on any atom is -0.477 e. The van der Waals surface area contributed by atoms with Crippen molar-refractivity contribution in [2.24, 2.45) is 5.73 Å². The summed E-state index contributed by atoms with van der Waals surface area (Å²) in [6.07, 6.45) is -1.45. The van der Waals surface area contributed by atoms with Crippen molar-refractivity contribution >= 4 is 11.9 Å². The summed E-state index contributed by atoms with van der Waals surface area (Å²) in [6, 6.07) is 7.55. The highest BCUT2D eigenvalue weighted by Crippen LogP contribution is 2.10. The van der Waals surface area contributed by atoms with Crippen LogP contribution in [0.5, 0.6) is 5.75 Å². The van der Waals surface area contributed by atoms with Crippen LogP contribution < -0.4 is 15.8 Å². The summed E-state index contributed by atoms with van der Waals surface area (Å²) in [5.74, 6) is -1.53. The van der Waals surface area contributed by atoms with Gasteiger partial charge in [0.2, 0.25) is 5.91 Å². The number of hydrogen-bond donors (Lipinski definition) is 3. The molecule has 1 aromatic rings. The van der Waals surface area contributed by atoms with Crippen LogP contribution in [0.2, 0.25) is 0 Å². The third-order valence-corrected chi connectivity index (χ3v) is 1.91. The van der Waals surface area contributed by atoms with Gasteiger partial charge in [-0.05, 0) is 19.1 Å². The first-order chi connectivity index (χ1) is 8.00. The number of nitrogens with one attached hydrogen (secondary N) is 1. The van der Waals surface area contributed by atoms with Gasteiger partial charge in [-0.1, -0.05) is 18.2 Å². The number of nitrogens with two attached hydrogens (primary N) is 1. The molecule has 17 heavy (non-hydrogen) atoms. The summed E-state index contributed by atoms with van der Waals surface area (Å²) in [6.45, 7) is 1.46. The van der Waals surface area contributed by atoms with Crippen molar-refractivity contribution in [3.63, 3.8) is 0 Å². The topological polar surface area (TPSA) is 102 Å². The molecule has 92 valence electrons. The zero-order chi connectivity index (χ0) is 12.8. The summed E-state index contributed by atoms with van der Waals surface area (Å²) in [4.78, 5) is 22.1. The first-order valence-corrected chi connectivity index (χ1v) is 5.01. The third-order valence-electron chi connectivity index (χ3n) is 1.91. The van der Waals surface area contributed by atoms with Gasteiger partial charge in [0, 0.05) is 0 Å². The van der Waals surface area contributed by atoms with E-state index in [9.17, 15) is 9.59 Å². The quantitative estimate of drug-likeness (QED) is 0.624. The molecule has 0 bridgehead atoms.